The van der Waals surface area contributed by atoms with Gasteiger partial charge in [-0.25, -0.2) is 4.99 Å². The molecule has 1 fully saturated rings. The molecular weight excluding hydrogens is 593 g/mol. The summed E-state index contributed by atoms with van der Waals surface area (Å²) in [7, 11) is 1.55. The number of nitro benzene ring substituents is 1. The van der Waals surface area contributed by atoms with Crippen LogP contribution in [0.4, 0.5) is 11.4 Å². The number of methoxy groups -OCH3 is 1. The largest absolute Gasteiger partial charge is 0.493 e. The van der Waals surface area contributed by atoms with Gasteiger partial charge in [0.1, 0.15) is 6.61 Å². The number of rotatable bonds is 8. The van der Waals surface area contributed by atoms with Crippen LogP contribution in [0.5, 0.6) is 11.5 Å². The number of thioether (sulfide) groups is 1. The fraction of sp³-hybridized carbons (Fsp3) is 0.154. The van der Waals surface area contributed by atoms with Crippen molar-refractivity contribution in [1.82, 2.24) is 5.32 Å². The Morgan fingerprint density at radius 3 is 2.44 bits per heavy atom. The molecule has 36 heavy (non-hydrogen) atoms. The van der Waals surface area contributed by atoms with Crippen molar-refractivity contribution in [3.05, 3.63) is 95.9 Å². The van der Waals surface area contributed by atoms with E-state index >= 15 is 0 Å². The van der Waals surface area contributed by atoms with Crippen LogP contribution in [0.15, 0.2) is 70.6 Å². The van der Waals surface area contributed by atoms with Crippen molar-refractivity contribution in [1.29, 1.82) is 0 Å². The van der Waals surface area contributed by atoms with Gasteiger partial charge in [0.25, 0.3) is 11.6 Å². The quantitative estimate of drug-likeness (QED) is 0.139. The highest BCUT2D eigenvalue weighted by Gasteiger charge is 2.24. The average Bonchev–Trinajstić information content (AvgIpc) is 3.21. The molecular formula is C26H22IN3O5S. The molecule has 1 saturated heterocycles. The fourth-order valence-electron chi connectivity index (χ4n) is 3.39. The lowest BCUT2D eigenvalue weighted by Crippen LogP contribution is -2.19. The molecule has 1 aliphatic rings. The maximum Gasteiger partial charge on any atom is 0.269 e. The van der Waals surface area contributed by atoms with Crippen molar-refractivity contribution in [3.8, 4) is 11.5 Å². The molecule has 3 aromatic carbocycles. The van der Waals surface area contributed by atoms with Crippen LogP contribution in [0, 0.1) is 13.7 Å². The van der Waals surface area contributed by atoms with E-state index in [1.54, 1.807) is 31.4 Å². The summed E-state index contributed by atoms with van der Waals surface area (Å²) in [6.45, 7) is 2.32. The van der Waals surface area contributed by atoms with Gasteiger partial charge >= 0.3 is 0 Å². The normalized spacial score (nSPS) is 15.2. The second kappa shape index (κ2) is 11.6. The van der Waals surface area contributed by atoms with Crippen molar-refractivity contribution in [2.24, 2.45) is 4.99 Å². The Morgan fingerprint density at radius 1 is 1.11 bits per heavy atom. The predicted octanol–water partition coefficient (Wildman–Crippen LogP) is 6.24. The van der Waals surface area contributed by atoms with Crippen molar-refractivity contribution in [2.75, 3.05) is 7.11 Å². The molecule has 1 N–H and O–H groups in total. The molecule has 0 aliphatic carbocycles. The van der Waals surface area contributed by atoms with E-state index in [1.165, 1.54) is 29.5 Å². The molecule has 0 radical (unpaired) electrons. The number of benzene rings is 3. The first kappa shape index (κ1) is 25.7. The molecule has 0 aromatic heterocycles. The third kappa shape index (κ3) is 6.24. The van der Waals surface area contributed by atoms with Crippen molar-refractivity contribution in [3.63, 3.8) is 0 Å². The number of non-ortho nitro benzene ring substituents is 1. The first-order chi connectivity index (χ1) is 17.4. The number of amides is 1. The van der Waals surface area contributed by atoms with Crippen LogP contribution in [-0.4, -0.2) is 23.1 Å². The molecule has 1 heterocycles. The Labute approximate surface area is 226 Å². The maximum absolute atomic E-state index is 12.5. The molecule has 3 aromatic rings. The molecule has 0 spiro atoms. The summed E-state index contributed by atoms with van der Waals surface area (Å²) in [6.07, 6.45) is 2.74. The summed E-state index contributed by atoms with van der Waals surface area (Å²) in [5.74, 6) is 0.861. The highest BCUT2D eigenvalue weighted by molar-refractivity contribution is 14.1. The SMILES string of the molecule is CCc1ccc(N=C2NC(=O)/C(=C/c3cc(I)c(OCc4ccc([N+](=O)[O-])cc4)c(OC)c3)S2)cc1. The van der Waals surface area contributed by atoms with E-state index in [0.717, 1.165) is 26.8 Å². The zero-order valence-corrected chi connectivity index (χ0v) is 22.5. The Kier molecular flexibility index (Phi) is 8.26. The van der Waals surface area contributed by atoms with Gasteiger partial charge in [0.15, 0.2) is 16.7 Å². The smallest absolute Gasteiger partial charge is 0.269 e. The Morgan fingerprint density at radius 2 is 1.81 bits per heavy atom. The van der Waals surface area contributed by atoms with Gasteiger partial charge in [-0.05, 0) is 99.9 Å². The fourth-order valence-corrected chi connectivity index (χ4v) is 5.01. The minimum atomic E-state index is -0.439. The standard InChI is InChI=1S/C26H22IN3O5S/c1-3-16-4-8-19(9-5-16)28-26-29-25(31)23(36-26)14-18-12-21(27)24(22(13-18)34-2)35-15-17-6-10-20(11-7-17)30(32)33/h4-14H,3,15H2,1-2H3,(H,28,29,31)/b23-14-. The number of aliphatic imine (C=N–C) groups is 1. The number of carbonyl (C=O) groups excluding carboxylic acids is 1. The van der Waals surface area contributed by atoms with E-state index in [1.807, 2.05) is 30.3 Å². The minimum absolute atomic E-state index is 0.0275. The van der Waals surface area contributed by atoms with Gasteiger partial charge in [-0.15, -0.1) is 0 Å². The van der Waals surface area contributed by atoms with Crippen LogP contribution in [0.2, 0.25) is 0 Å². The maximum atomic E-state index is 12.5. The van der Waals surface area contributed by atoms with Gasteiger partial charge in [0.05, 0.1) is 26.2 Å². The van der Waals surface area contributed by atoms with E-state index in [4.69, 9.17) is 9.47 Å². The second-order valence-corrected chi connectivity index (χ2v) is 9.94. The van der Waals surface area contributed by atoms with E-state index in [2.05, 4.69) is 39.8 Å². The first-order valence-electron chi connectivity index (χ1n) is 11.0. The molecule has 10 heteroatoms. The summed E-state index contributed by atoms with van der Waals surface area (Å²) in [6, 6.07) is 17.8. The number of nitrogens with one attached hydrogen (secondary N) is 1. The van der Waals surface area contributed by atoms with Crippen molar-refractivity contribution < 1.29 is 19.2 Å². The van der Waals surface area contributed by atoms with Gasteiger partial charge < -0.3 is 14.8 Å². The van der Waals surface area contributed by atoms with E-state index in [0.29, 0.717) is 21.6 Å². The number of halogens is 1. The average molecular weight is 615 g/mol. The number of nitrogens with zero attached hydrogens (tertiary/aromatic N) is 2. The molecule has 1 aliphatic heterocycles. The molecule has 8 nitrogen and oxygen atoms in total. The van der Waals surface area contributed by atoms with Gasteiger partial charge in [-0.1, -0.05) is 19.1 Å². The zero-order valence-electron chi connectivity index (χ0n) is 19.5. The number of hydrogen-bond donors (Lipinski definition) is 1. The lowest BCUT2D eigenvalue weighted by Gasteiger charge is -2.14. The van der Waals surface area contributed by atoms with E-state index in [-0.39, 0.29) is 18.2 Å². The topological polar surface area (TPSA) is 103 Å². The molecule has 1 amide bonds. The molecule has 0 bridgehead atoms. The summed E-state index contributed by atoms with van der Waals surface area (Å²) in [5, 5.41) is 14.2. The van der Waals surface area contributed by atoms with Crippen LogP contribution in [0.25, 0.3) is 6.08 Å². The second-order valence-electron chi connectivity index (χ2n) is 7.75. The van der Waals surface area contributed by atoms with Crippen molar-refractivity contribution >= 4 is 62.9 Å². The number of carbonyl (C=O) groups is 1. The van der Waals surface area contributed by atoms with Gasteiger partial charge in [-0.2, -0.15) is 0 Å². The van der Waals surface area contributed by atoms with Crippen LogP contribution in [0.3, 0.4) is 0 Å². The van der Waals surface area contributed by atoms with Gasteiger partial charge in [-0.3, -0.25) is 14.9 Å². The Bertz CT molecular complexity index is 1360. The highest BCUT2D eigenvalue weighted by Crippen LogP contribution is 2.36. The Balaban J connectivity index is 1.49. The minimum Gasteiger partial charge on any atom is -0.493 e. The third-order valence-electron chi connectivity index (χ3n) is 5.31. The first-order valence-corrected chi connectivity index (χ1v) is 12.9. The monoisotopic (exact) mass is 615 g/mol. The van der Waals surface area contributed by atoms with Crippen LogP contribution >= 0.6 is 34.4 Å². The lowest BCUT2D eigenvalue weighted by molar-refractivity contribution is -0.384. The van der Waals surface area contributed by atoms with Crippen LogP contribution in [-0.2, 0) is 17.8 Å². The molecule has 184 valence electrons. The third-order valence-corrected chi connectivity index (χ3v) is 7.02. The lowest BCUT2D eigenvalue weighted by atomic mass is 10.1. The Hall–Kier alpha value is -3.38. The van der Waals surface area contributed by atoms with Gasteiger partial charge in [0, 0.05) is 12.1 Å². The molecule has 0 atom stereocenters. The summed E-state index contributed by atoms with van der Waals surface area (Å²) in [4.78, 5) is 28.0. The number of aryl methyl sites for hydroxylation is 1. The summed E-state index contributed by atoms with van der Waals surface area (Å²) < 4.78 is 12.3. The highest BCUT2D eigenvalue weighted by atomic mass is 127. The summed E-state index contributed by atoms with van der Waals surface area (Å²) in [5.41, 5.74) is 3.61. The molecule has 0 saturated carbocycles. The molecule has 0 unspecified atom stereocenters. The summed E-state index contributed by atoms with van der Waals surface area (Å²) >= 11 is 3.43. The van der Waals surface area contributed by atoms with Gasteiger partial charge in [0.2, 0.25) is 0 Å². The van der Waals surface area contributed by atoms with Crippen LogP contribution in [0.1, 0.15) is 23.6 Å². The predicted molar refractivity (Wildman–Crippen MR) is 150 cm³/mol. The number of ether oxygens (including phenoxy) is 2. The van der Waals surface area contributed by atoms with E-state index in [9.17, 15) is 14.9 Å². The number of amidine groups is 1. The molecule has 4 rings (SSSR count). The zero-order chi connectivity index (χ0) is 25.7. The number of hydrogen-bond acceptors (Lipinski definition) is 7. The number of nitro groups is 1. The van der Waals surface area contributed by atoms with Crippen molar-refractivity contribution in [2.45, 2.75) is 20.0 Å². The van der Waals surface area contributed by atoms with Crippen LogP contribution < -0.4 is 14.8 Å². The van der Waals surface area contributed by atoms with E-state index < -0.39 is 4.92 Å².